The molecule has 2 rings (SSSR count). The Morgan fingerprint density at radius 1 is 1.18 bits per heavy atom. The van der Waals surface area contributed by atoms with Crippen molar-refractivity contribution < 1.29 is 4.92 Å². The second kappa shape index (κ2) is 7.21. The van der Waals surface area contributed by atoms with Crippen LogP contribution < -0.4 is 0 Å². The van der Waals surface area contributed by atoms with E-state index in [2.05, 4.69) is 6.07 Å². The average molecular weight is 311 g/mol. The van der Waals surface area contributed by atoms with E-state index in [1.54, 1.807) is 60.7 Å². The van der Waals surface area contributed by atoms with Gasteiger partial charge in [0.2, 0.25) is 0 Å². The molecule has 0 atom stereocenters. The van der Waals surface area contributed by atoms with Crippen LogP contribution in [0.3, 0.4) is 0 Å². The first-order valence-corrected chi connectivity index (χ1v) is 6.78. The molecule has 0 amide bonds. The van der Waals surface area contributed by atoms with Crippen molar-refractivity contribution in [1.82, 2.24) is 0 Å². The van der Waals surface area contributed by atoms with Crippen LogP contribution in [0.5, 0.6) is 0 Å². The summed E-state index contributed by atoms with van der Waals surface area (Å²) in [7, 11) is 0. The van der Waals surface area contributed by atoms with E-state index in [1.165, 1.54) is 6.07 Å². The number of para-hydroxylation sites is 1. The SMILES string of the molecule is N#CC(=CC=Cc1ccccc1[N+](=O)[O-])c1ccccc1Cl. The lowest BCUT2D eigenvalue weighted by molar-refractivity contribution is -0.385. The molecular weight excluding hydrogens is 300 g/mol. The van der Waals surface area contributed by atoms with E-state index in [0.717, 1.165) is 0 Å². The zero-order valence-electron chi connectivity index (χ0n) is 11.4. The molecule has 5 heteroatoms. The summed E-state index contributed by atoms with van der Waals surface area (Å²) in [5.41, 5.74) is 1.50. The number of nitriles is 1. The molecule has 108 valence electrons. The number of nitro benzene ring substituents is 1. The average Bonchev–Trinajstić information content (AvgIpc) is 2.53. The molecule has 0 aromatic heterocycles. The number of hydrogen-bond acceptors (Lipinski definition) is 3. The van der Waals surface area contributed by atoms with Crippen LogP contribution in [0.1, 0.15) is 11.1 Å². The van der Waals surface area contributed by atoms with Crippen molar-refractivity contribution in [3.05, 3.63) is 86.9 Å². The summed E-state index contributed by atoms with van der Waals surface area (Å²) in [4.78, 5) is 10.5. The summed E-state index contributed by atoms with van der Waals surface area (Å²) in [5.74, 6) is 0. The van der Waals surface area contributed by atoms with Gasteiger partial charge in [-0.15, -0.1) is 0 Å². The predicted octanol–water partition coefficient (Wildman–Crippen LogP) is 4.87. The van der Waals surface area contributed by atoms with Gasteiger partial charge in [-0.2, -0.15) is 5.26 Å². The van der Waals surface area contributed by atoms with E-state index in [4.69, 9.17) is 11.6 Å². The lowest BCUT2D eigenvalue weighted by atomic mass is 10.1. The quantitative estimate of drug-likeness (QED) is 0.350. The maximum Gasteiger partial charge on any atom is 0.276 e. The molecule has 0 aliphatic rings. The van der Waals surface area contributed by atoms with Crippen LogP contribution in [0.4, 0.5) is 5.69 Å². The molecule has 0 radical (unpaired) electrons. The molecule has 0 bridgehead atoms. The Hall–Kier alpha value is -2.90. The van der Waals surface area contributed by atoms with Gasteiger partial charge in [0.25, 0.3) is 5.69 Å². The number of benzene rings is 2. The monoisotopic (exact) mass is 310 g/mol. The number of halogens is 1. The minimum absolute atomic E-state index is 0.0170. The Morgan fingerprint density at radius 2 is 1.86 bits per heavy atom. The Balaban J connectivity index is 2.33. The minimum atomic E-state index is -0.442. The van der Waals surface area contributed by atoms with Gasteiger partial charge in [0, 0.05) is 16.7 Å². The molecular formula is C17H11ClN2O2. The van der Waals surface area contributed by atoms with Crippen molar-refractivity contribution in [2.75, 3.05) is 0 Å². The molecule has 0 aliphatic heterocycles. The fraction of sp³-hybridized carbons (Fsp3) is 0. The van der Waals surface area contributed by atoms with Crippen LogP contribution in [-0.4, -0.2) is 4.92 Å². The second-order valence-electron chi connectivity index (χ2n) is 4.35. The zero-order valence-corrected chi connectivity index (χ0v) is 12.2. The van der Waals surface area contributed by atoms with E-state index in [1.807, 2.05) is 0 Å². The molecule has 0 saturated heterocycles. The predicted molar refractivity (Wildman–Crippen MR) is 87.2 cm³/mol. The van der Waals surface area contributed by atoms with E-state index in [-0.39, 0.29) is 5.69 Å². The molecule has 0 N–H and O–H groups in total. The van der Waals surface area contributed by atoms with Crippen molar-refractivity contribution in [2.45, 2.75) is 0 Å². The molecule has 0 saturated carbocycles. The highest BCUT2D eigenvalue weighted by atomic mass is 35.5. The highest BCUT2D eigenvalue weighted by Crippen LogP contribution is 2.24. The molecule has 0 fully saturated rings. The summed E-state index contributed by atoms with van der Waals surface area (Å²) in [6.07, 6.45) is 4.77. The number of rotatable bonds is 4. The topological polar surface area (TPSA) is 66.9 Å². The Morgan fingerprint density at radius 3 is 2.55 bits per heavy atom. The summed E-state index contributed by atoms with van der Waals surface area (Å²) in [6.45, 7) is 0. The van der Waals surface area contributed by atoms with Crippen LogP contribution in [0, 0.1) is 21.4 Å². The summed E-state index contributed by atoms with van der Waals surface area (Å²) >= 11 is 6.06. The van der Waals surface area contributed by atoms with Gasteiger partial charge in [-0.25, -0.2) is 0 Å². The smallest absolute Gasteiger partial charge is 0.258 e. The molecule has 2 aromatic carbocycles. The van der Waals surface area contributed by atoms with Crippen LogP contribution in [-0.2, 0) is 0 Å². The van der Waals surface area contributed by atoms with E-state index >= 15 is 0 Å². The lowest BCUT2D eigenvalue weighted by Gasteiger charge is -2.00. The normalized spacial score (nSPS) is 11.4. The Labute approximate surface area is 132 Å². The number of hydrogen-bond donors (Lipinski definition) is 0. The van der Waals surface area contributed by atoms with Crippen molar-refractivity contribution in [1.29, 1.82) is 5.26 Å². The highest BCUT2D eigenvalue weighted by Gasteiger charge is 2.09. The maximum atomic E-state index is 10.9. The number of nitro groups is 1. The van der Waals surface area contributed by atoms with Gasteiger partial charge >= 0.3 is 0 Å². The van der Waals surface area contributed by atoms with Crippen molar-refractivity contribution >= 4 is 28.9 Å². The first kappa shape index (κ1) is 15.5. The van der Waals surface area contributed by atoms with Gasteiger partial charge in [0.15, 0.2) is 0 Å². The van der Waals surface area contributed by atoms with Crippen molar-refractivity contribution in [3.8, 4) is 6.07 Å². The first-order chi connectivity index (χ1) is 10.6. The van der Waals surface area contributed by atoms with E-state index < -0.39 is 4.92 Å². The van der Waals surface area contributed by atoms with Gasteiger partial charge < -0.3 is 0 Å². The van der Waals surface area contributed by atoms with Crippen LogP contribution in [0.25, 0.3) is 11.6 Å². The molecule has 0 unspecified atom stereocenters. The molecule has 2 aromatic rings. The highest BCUT2D eigenvalue weighted by molar-refractivity contribution is 6.32. The molecule has 4 nitrogen and oxygen atoms in total. The van der Waals surface area contributed by atoms with E-state index in [0.29, 0.717) is 21.7 Å². The lowest BCUT2D eigenvalue weighted by Crippen LogP contribution is -1.90. The minimum Gasteiger partial charge on any atom is -0.258 e. The third kappa shape index (κ3) is 3.60. The molecule has 0 heterocycles. The fourth-order valence-corrected chi connectivity index (χ4v) is 2.15. The van der Waals surface area contributed by atoms with Gasteiger partial charge in [-0.1, -0.05) is 48.0 Å². The van der Waals surface area contributed by atoms with Crippen molar-refractivity contribution in [2.24, 2.45) is 0 Å². The number of allylic oxidation sites excluding steroid dienone is 3. The molecule has 0 spiro atoms. The van der Waals surface area contributed by atoms with Crippen LogP contribution in [0.15, 0.2) is 60.7 Å². The largest absolute Gasteiger partial charge is 0.276 e. The zero-order chi connectivity index (χ0) is 15.9. The van der Waals surface area contributed by atoms with Crippen molar-refractivity contribution in [3.63, 3.8) is 0 Å². The number of nitrogens with zero attached hydrogens (tertiary/aromatic N) is 2. The first-order valence-electron chi connectivity index (χ1n) is 6.40. The maximum absolute atomic E-state index is 10.9. The van der Waals surface area contributed by atoms with Crippen LogP contribution >= 0.6 is 11.6 Å². The van der Waals surface area contributed by atoms with E-state index in [9.17, 15) is 15.4 Å². The third-order valence-corrected chi connectivity index (χ3v) is 3.29. The Kier molecular flexibility index (Phi) is 5.07. The molecule has 22 heavy (non-hydrogen) atoms. The summed E-state index contributed by atoms with van der Waals surface area (Å²) in [6, 6.07) is 15.5. The van der Waals surface area contributed by atoms with Gasteiger partial charge in [0.05, 0.1) is 22.1 Å². The third-order valence-electron chi connectivity index (χ3n) is 2.96. The Bertz CT molecular complexity index is 804. The summed E-state index contributed by atoms with van der Waals surface area (Å²) in [5, 5.41) is 20.6. The van der Waals surface area contributed by atoms with Gasteiger partial charge in [-0.3, -0.25) is 10.1 Å². The van der Waals surface area contributed by atoms with Gasteiger partial charge in [0.1, 0.15) is 0 Å². The standard InChI is InChI=1S/C17H11ClN2O2/c18-16-10-3-2-9-15(16)14(12-19)8-5-7-13-6-1-4-11-17(13)20(21)22/h1-11H. The van der Waals surface area contributed by atoms with Gasteiger partial charge in [-0.05, 0) is 24.3 Å². The molecule has 0 aliphatic carbocycles. The summed E-state index contributed by atoms with van der Waals surface area (Å²) < 4.78 is 0. The second-order valence-corrected chi connectivity index (χ2v) is 4.75. The van der Waals surface area contributed by atoms with Crippen LogP contribution in [0.2, 0.25) is 5.02 Å². The fourth-order valence-electron chi connectivity index (χ4n) is 1.91.